The quantitative estimate of drug-likeness (QED) is 0.758. The highest BCUT2D eigenvalue weighted by molar-refractivity contribution is 5.35. The third-order valence-electron chi connectivity index (χ3n) is 2.05. The van der Waals surface area contributed by atoms with E-state index < -0.39 is 0 Å². The van der Waals surface area contributed by atoms with Crippen molar-refractivity contribution in [1.29, 1.82) is 0 Å². The lowest BCUT2D eigenvalue weighted by Gasteiger charge is -2.01. The van der Waals surface area contributed by atoms with E-state index in [1.807, 2.05) is 30.3 Å². The van der Waals surface area contributed by atoms with Gasteiger partial charge < -0.3 is 14.8 Å². The van der Waals surface area contributed by atoms with Crippen LogP contribution in [0.3, 0.4) is 0 Å². The Labute approximate surface area is 81.9 Å². The molecule has 3 heteroatoms. The summed E-state index contributed by atoms with van der Waals surface area (Å²) in [7, 11) is 0. The molecule has 0 atom stereocenters. The van der Waals surface area contributed by atoms with Gasteiger partial charge in [-0.1, -0.05) is 30.3 Å². The Balaban J connectivity index is 2.19. The van der Waals surface area contributed by atoms with Gasteiger partial charge in [0.1, 0.15) is 0 Å². The average molecular weight is 189 g/mol. The Morgan fingerprint density at radius 3 is 2.07 bits per heavy atom. The smallest absolute Gasteiger partial charge is 0.175 e. The van der Waals surface area contributed by atoms with Crippen molar-refractivity contribution in [3.63, 3.8) is 0 Å². The minimum atomic E-state index is -0.0825. The van der Waals surface area contributed by atoms with Gasteiger partial charge in [0.25, 0.3) is 0 Å². The number of aromatic nitrogens is 1. The highest BCUT2D eigenvalue weighted by Gasteiger charge is 2.02. The molecule has 0 unspecified atom stereocenters. The SMILES string of the molecule is Oc1cn(Cc2ccccc2)cc1O. The second-order valence-corrected chi connectivity index (χ2v) is 3.19. The molecule has 0 amide bonds. The van der Waals surface area contributed by atoms with Gasteiger partial charge in [-0.25, -0.2) is 0 Å². The third-order valence-corrected chi connectivity index (χ3v) is 2.05. The molecule has 3 nitrogen and oxygen atoms in total. The van der Waals surface area contributed by atoms with Crippen molar-refractivity contribution in [3.05, 3.63) is 48.3 Å². The highest BCUT2D eigenvalue weighted by atomic mass is 16.3. The van der Waals surface area contributed by atoms with Crippen molar-refractivity contribution >= 4 is 0 Å². The summed E-state index contributed by atoms with van der Waals surface area (Å²) in [6.07, 6.45) is 3.00. The standard InChI is InChI=1S/C11H11NO2/c13-10-7-12(8-11(10)14)6-9-4-2-1-3-5-9/h1-5,7-8,13-14H,6H2. The van der Waals surface area contributed by atoms with Crippen LogP contribution in [0.25, 0.3) is 0 Å². The van der Waals surface area contributed by atoms with Crippen LogP contribution in [-0.4, -0.2) is 14.8 Å². The molecule has 0 aliphatic rings. The summed E-state index contributed by atoms with van der Waals surface area (Å²) in [4.78, 5) is 0. The molecular weight excluding hydrogens is 178 g/mol. The molecule has 72 valence electrons. The number of benzene rings is 1. The fourth-order valence-corrected chi connectivity index (χ4v) is 1.37. The first-order chi connectivity index (χ1) is 6.75. The summed E-state index contributed by atoms with van der Waals surface area (Å²) in [5.74, 6) is -0.165. The second-order valence-electron chi connectivity index (χ2n) is 3.19. The largest absolute Gasteiger partial charge is 0.503 e. The minimum absolute atomic E-state index is 0.0825. The minimum Gasteiger partial charge on any atom is -0.503 e. The van der Waals surface area contributed by atoms with Crippen LogP contribution < -0.4 is 0 Å². The average Bonchev–Trinajstić information content (AvgIpc) is 2.47. The van der Waals surface area contributed by atoms with Gasteiger partial charge in [-0.15, -0.1) is 0 Å². The molecule has 1 heterocycles. The zero-order valence-electron chi connectivity index (χ0n) is 7.59. The van der Waals surface area contributed by atoms with Crippen LogP contribution >= 0.6 is 0 Å². The Morgan fingerprint density at radius 1 is 0.929 bits per heavy atom. The molecule has 0 aliphatic heterocycles. The van der Waals surface area contributed by atoms with Gasteiger partial charge in [-0.05, 0) is 5.56 Å². The van der Waals surface area contributed by atoms with Crippen molar-refractivity contribution in [2.24, 2.45) is 0 Å². The number of hydrogen-bond donors (Lipinski definition) is 2. The van der Waals surface area contributed by atoms with Crippen molar-refractivity contribution in [2.45, 2.75) is 6.54 Å². The summed E-state index contributed by atoms with van der Waals surface area (Å²) in [6.45, 7) is 0.648. The monoisotopic (exact) mass is 189 g/mol. The summed E-state index contributed by atoms with van der Waals surface area (Å²) in [6, 6.07) is 9.85. The summed E-state index contributed by atoms with van der Waals surface area (Å²) < 4.78 is 1.74. The molecule has 2 aromatic rings. The summed E-state index contributed by atoms with van der Waals surface area (Å²) in [5, 5.41) is 18.3. The normalized spacial score (nSPS) is 10.3. The zero-order valence-corrected chi connectivity index (χ0v) is 7.59. The molecule has 2 N–H and O–H groups in total. The van der Waals surface area contributed by atoms with Crippen molar-refractivity contribution in [3.8, 4) is 11.5 Å². The molecule has 0 saturated carbocycles. The van der Waals surface area contributed by atoms with Gasteiger partial charge in [0.15, 0.2) is 11.5 Å². The van der Waals surface area contributed by atoms with Crippen LogP contribution in [-0.2, 0) is 6.54 Å². The molecule has 2 rings (SSSR count). The lowest BCUT2D eigenvalue weighted by Crippen LogP contribution is -1.94. The first kappa shape index (κ1) is 8.69. The van der Waals surface area contributed by atoms with Crippen LogP contribution in [0.2, 0.25) is 0 Å². The molecular formula is C11H11NO2. The van der Waals surface area contributed by atoms with Gasteiger partial charge in [-0.3, -0.25) is 0 Å². The number of aromatic hydroxyl groups is 2. The van der Waals surface area contributed by atoms with Crippen molar-refractivity contribution in [2.75, 3.05) is 0 Å². The summed E-state index contributed by atoms with van der Waals surface area (Å²) in [5.41, 5.74) is 1.13. The maximum Gasteiger partial charge on any atom is 0.175 e. The predicted molar refractivity (Wildman–Crippen MR) is 53.3 cm³/mol. The van der Waals surface area contributed by atoms with E-state index in [9.17, 15) is 0 Å². The Hall–Kier alpha value is -1.90. The molecule has 0 spiro atoms. The van der Waals surface area contributed by atoms with Crippen molar-refractivity contribution in [1.82, 2.24) is 4.57 Å². The van der Waals surface area contributed by atoms with Gasteiger partial charge in [0, 0.05) is 6.54 Å². The van der Waals surface area contributed by atoms with E-state index in [-0.39, 0.29) is 11.5 Å². The fraction of sp³-hybridized carbons (Fsp3) is 0.0909. The van der Waals surface area contributed by atoms with Crippen LogP contribution in [0.1, 0.15) is 5.56 Å². The van der Waals surface area contributed by atoms with E-state index in [1.165, 1.54) is 12.4 Å². The summed E-state index contributed by atoms with van der Waals surface area (Å²) >= 11 is 0. The molecule has 0 fully saturated rings. The topological polar surface area (TPSA) is 45.4 Å². The van der Waals surface area contributed by atoms with Crippen LogP contribution in [0, 0.1) is 0 Å². The van der Waals surface area contributed by atoms with E-state index in [0.717, 1.165) is 5.56 Å². The first-order valence-corrected chi connectivity index (χ1v) is 4.37. The van der Waals surface area contributed by atoms with E-state index in [0.29, 0.717) is 6.54 Å². The van der Waals surface area contributed by atoms with E-state index in [4.69, 9.17) is 10.2 Å². The van der Waals surface area contributed by atoms with E-state index in [2.05, 4.69) is 0 Å². The van der Waals surface area contributed by atoms with Gasteiger partial charge in [0.2, 0.25) is 0 Å². The van der Waals surface area contributed by atoms with Crippen LogP contribution in [0.15, 0.2) is 42.7 Å². The van der Waals surface area contributed by atoms with Gasteiger partial charge >= 0.3 is 0 Å². The van der Waals surface area contributed by atoms with E-state index >= 15 is 0 Å². The van der Waals surface area contributed by atoms with Gasteiger partial charge in [0.05, 0.1) is 12.4 Å². The van der Waals surface area contributed by atoms with Crippen LogP contribution in [0.4, 0.5) is 0 Å². The zero-order chi connectivity index (χ0) is 9.97. The molecule has 0 bridgehead atoms. The van der Waals surface area contributed by atoms with E-state index in [1.54, 1.807) is 4.57 Å². The molecule has 0 aliphatic carbocycles. The number of hydrogen-bond acceptors (Lipinski definition) is 2. The second kappa shape index (κ2) is 3.46. The Bertz CT molecular complexity index is 401. The van der Waals surface area contributed by atoms with Crippen molar-refractivity contribution < 1.29 is 10.2 Å². The highest BCUT2D eigenvalue weighted by Crippen LogP contribution is 2.24. The fourth-order valence-electron chi connectivity index (χ4n) is 1.37. The number of rotatable bonds is 2. The number of nitrogens with zero attached hydrogens (tertiary/aromatic N) is 1. The Kier molecular flexibility index (Phi) is 2.14. The lowest BCUT2D eigenvalue weighted by atomic mass is 10.2. The molecule has 0 radical (unpaired) electrons. The molecule has 14 heavy (non-hydrogen) atoms. The van der Waals surface area contributed by atoms with Crippen LogP contribution in [0.5, 0.6) is 11.5 Å². The molecule has 0 saturated heterocycles. The van der Waals surface area contributed by atoms with Gasteiger partial charge in [-0.2, -0.15) is 0 Å². The first-order valence-electron chi connectivity index (χ1n) is 4.37. The molecule has 1 aromatic heterocycles. The molecule has 1 aromatic carbocycles. The lowest BCUT2D eigenvalue weighted by molar-refractivity contribution is 0.407. The maximum absolute atomic E-state index is 9.15. The maximum atomic E-state index is 9.15. The predicted octanol–water partition coefficient (Wildman–Crippen LogP) is 1.95. The Morgan fingerprint density at radius 2 is 1.50 bits per heavy atom. The third kappa shape index (κ3) is 1.71.